The normalized spacial score (nSPS) is 19.1. The van der Waals surface area contributed by atoms with E-state index in [2.05, 4.69) is 5.32 Å². The van der Waals surface area contributed by atoms with Crippen molar-refractivity contribution in [1.82, 2.24) is 9.62 Å². The van der Waals surface area contributed by atoms with E-state index >= 15 is 0 Å². The zero-order valence-corrected chi connectivity index (χ0v) is 17.8. The Hall–Kier alpha value is -1.60. The van der Waals surface area contributed by atoms with Crippen LogP contribution in [0.5, 0.6) is 5.75 Å². The molecule has 28 heavy (non-hydrogen) atoms. The first kappa shape index (κ1) is 21.1. The van der Waals surface area contributed by atoms with Gasteiger partial charge in [0, 0.05) is 12.1 Å². The van der Waals surface area contributed by atoms with Gasteiger partial charge in [0.2, 0.25) is 15.9 Å². The fraction of sp³-hybridized carbons (Fsp3) is 0.667. The number of nitrogens with zero attached hydrogens (tertiary/aromatic N) is 1. The Morgan fingerprint density at radius 1 is 1.11 bits per heavy atom. The van der Waals surface area contributed by atoms with Gasteiger partial charge in [-0.25, -0.2) is 8.42 Å². The van der Waals surface area contributed by atoms with Crippen LogP contribution >= 0.6 is 0 Å². The first-order chi connectivity index (χ1) is 13.4. The molecule has 0 unspecified atom stereocenters. The van der Waals surface area contributed by atoms with E-state index < -0.39 is 10.0 Å². The molecule has 2 aliphatic rings. The van der Waals surface area contributed by atoms with Gasteiger partial charge in [0.1, 0.15) is 10.6 Å². The van der Waals surface area contributed by atoms with E-state index in [0.29, 0.717) is 5.75 Å². The van der Waals surface area contributed by atoms with Crippen LogP contribution in [0.25, 0.3) is 0 Å². The Bertz CT molecular complexity index is 782. The molecule has 1 aromatic carbocycles. The van der Waals surface area contributed by atoms with Gasteiger partial charge in [-0.3, -0.25) is 4.79 Å². The summed E-state index contributed by atoms with van der Waals surface area (Å²) in [6, 6.07) is 5.18. The summed E-state index contributed by atoms with van der Waals surface area (Å²) in [5.74, 6) is 0.121. The summed E-state index contributed by atoms with van der Waals surface area (Å²) < 4.78 is 34.0. The van der Waals surface area contributed by atoms with Crippen LogP contribution in [-0.4, -0.2) is 44.4 Å². The van der Waals surface area contributed by atoms with Crippen LogP contribution in [0.1, 0.15) is 63.4 Å². The molecule has 0 aliphatic heterocycles. The second-order valence-corrected chi connectivity index (χ2v) is 9.90. The first-order valence-electron chi connectivity index (χ1n) is 10.4. The van der Waals surface area contributed by atoms with Crippen molar-refractivity contribution < 1.29 is 17.9 Å². The number of ether oxygens (including phenoxy) is 1. The Labute approximate surface area is 168 Å². The number of hydrogen-bond acceptors (Lipinski definition) is 4. The van der Waals surface area contributed by atoms with Crippen molar-refractivity contribution in [1.29, 1.82) is 0 Å². The van der Waals surface area contributed by atoms with Crippen LogP contribution in [0.15, 0.2) is 23.1 Å². The zero-order valence-electron chi connectivity index (χ0n) is 16.9. The minimum atomic E-state index is -3.85. The summed E-state index contributed by atoms with van der Waals surface area (Å²) in [5.41, 5.74) is 0.846. The van der Waals surface area contributed by atoms with E-state index in [1.165, 1.54) is 11.4 Å². The van der Waals surface area contributed by atoms with Crippen LogP contribution in [0, 0.1) is 6.92 Å². The molecule has 1 amide bonds. The summed E-state index contributed by atoms with van der Waals surface area (Å²) in [5, 5.41) is 3.04. The maximum Gasteiger partial charge on any atom is 0.247 e. The van der Waals surface area contributed by atoms with Crippen molar-refractivity contribution in [2.75, 3.05) is 13.7 Å². The number of methoxy groups -OCH3 is 1. The molecule has 1 aromatic rings. The number of hydrogen-bond donors (Lipinski definition) is 1. The van der Waals surface area contributed by atoms with Gasteiger partial charge in [0.15, 0.2) is 0 Å². The van der Waals surface area contributed by atoms with Crippen molar-refractivity contribution in [2.24, 2.45) is 0 Å². The Morgan fingerprint density at radius 2 is 1.75 bits per heavy atom. The molecule has 0 heterocycles. The molecule has 0 radical (unpaired) electrons. The van der Waals surface area contributed by atoms with Crippen LogP contribution < -0.4 is 10.1 Å². The fourth-order valence-electron chi connectivity index (χ4n) is 4.38. The molecule has 7 heteroatoms. The molecule has 2 fully saturated rings. The number of amides is 1. The standard InChI is InChI=1S/C21H32N2O4S/c1-16-12-13-19(27-2)20(14-16)28(25,26)23(18-10-4-3-5-11-18)15-21(24)22-17-8-6-7-9-17/h12-14,17-18H,3-11,15H2,1-2H3,(H,22,24). The summed E-state index contributed by atoms with van der Waals surface area (Å²) in [4.78, 5) is 12.9. The predicted molar refractivity (Wildman–Crippen MR) is 109 cm³/mol. The van der Waals surface area contributed by atoms with Gasteiger partial charge in [-0.2, -0.15) is 4.31 Å². The highest BCUT2D eigenvalue weighted by molar-refractivity contribution is 7.89. The number of carbonyl (C=O) groups excluding carboxylic acids is 1. The molecule has 6 nitrogen and oxygen atoms in total. The Morgan fingerprint density at radius 3 is 2.39 bits per heavy atom. The zero-order chi connectivity index (χ0) is 20.1. The molecular weight excluding hydrogens is 376 g/mol. The van der Waals surface area contributed by atoms with Gasteiger partial charge in [0.05, 0.1) is 13.7 Å². The molecule has 3 rings (SSSR count). The lowest BCUT2D eigenvalue weighted by Gasteiger charge is -2.33. The third-order valence-corrected chi connectivity index (χ3v) is 7.83. The third-order valence-electron chi connectivity index (χ3n) is 5.91. The van der Waals surface area contributed by atoms with Crippen LogP contribution in [0.3, 0.4) is 0 Å². The molecule has 1 N–H and O–H groups in total. The monoisotopic (exact) mass is 408 g/mol. The maximum atomic E-state index is 13.6. The van der Waals surface area contributed by atoms with Crippen molar-refractivity contribution in [3.05, 3.63) is 23.8 Å². The number of nitrogens with one attached hydrogen (secondary N) is 1. The van der Waals surface area contributed by atoms with Crippen molar-refractivity contribution in [3.8, 4) is 5.75 Å². The lowest BCUT2D eigenvalue weighted by molar-refractivity contribution is -0.122. The molecule has 0 bridgehead atoms. The molecule has 156 valence electrons. The highest BCUT2D eigenvalue weighted by Gasteiger charge is 2.36. The highest BCUT2D eigenvalue weighted by atomic mass is 32.2. The van der Waals surface area contributed by atoms with Crippen LogP contribution in [0.2, 0.25) is 0 Å². The second kappa shape index (κ2) is 9.27. The summed E-state index contributed by atoms with van der Waals surface area (Å²) >= 11 is 0. The largest absolute Gasteiger partial charge is 0.495 e. The quantitative estimate of drug-likeness (QED) is 0.750. The van der Waals surface area contributed by atoms with Gasteiger partial charge in [-0.1, -0.05) is 38.2 Å². The molecule has 0 spiro atoms. The Balaban J connectivity index is 1.88. The lowest BCUT2D eigenvalue weighted by Crippen LogP contribution is -2.48. The topological polar surface area (TPSA) is 75.7 Å². The summed E-state index contributed by atoms with van der Waals surface area (Å²) in [6.45, 7) is 1.73. The minimum Gasteiger partial charge on any atom is -0.495 e. The molecule has 2 aliphatic carbocycles. The SMILES string of the molecule is COc1ccc(C)cc1S(=O)(=O)N(CC(=O)NC1CCCC1)C1CCCCC1. The molecular formula is C21H32N2O4S. The average Bonchev–Trinajstić information content (AvgIpc) is 3.19. The van der Waals surface area contributed by atoms with Gasteiger partial charge in [-0.05, 0) is 50.3 Å². The van der Waals surface area contributed by atoms with Gasteiger partial charge < -0.3 is 10.1 Å². The fourth-order valence-corrected chi connectivity index (χ4v) is 6.26. The Kier molecular flexibility index (Phi) is 6.99. The summed E-state index contributed by atoms with van der Waals surface area (Å²) in [6.07, 6.45) is 8.89. The molecule has 2 saturated carbocycles. The van der Waals surface area contributed by atoms with E-state index in [1.54, 1.807) is 12.1 Å². The van der Waals surface area contributed by atoms with Crippen LogP contribution in [-0.2, 0) is 14.8 Å². The number of rotatable bonds is 7. The van der Waals surface area contributed by atoms with Gasteiger partial charge >= 0.3 is 0 Å². The lowest BCUT2D eigenvalue weighted by atomic mass is 9.95. The second-order valence-electron chi connectivity index (χ2n) is 8.05. The smallest absolute Gasteiger partial charge is 0.247 e. The van der Waals surface area contributed by atoms with Crippen molar-refractivity contribution in [3.63, 3.8) is 0 Å². The average molecular weight is 409 g/mol. The molecule has 0 aromatic heterocycles. The van der Waals surface area contributed by atoms with E-state index in [9.17, 15) is 13.2 Å². The van der Waals surface area contributed by atoms with Crippen molar-refractivity contribution in [2.45, 2.75) is 81.7 Å². The third kappa shape index (κ3) is 4.87. The van der Waals surface area contributed by atoms with E-state index in [1.807, 2.05) is 13.0 Å². The predicted octanol–water partition coefficient (Wildman–Crippen LogP) is 3.39. The van der Waals surface area contributed by atoms with Gasteiger partial charge in [0.25, 0.3) is 0 Å². The van der Waals surface area contributed by atoms with Crippen LogP contribution in [0.4, 0.5) is 0 Å². The highest BCUT2D eigenvalue weighted by Crippen LogP contribution is 2.32. The van der Waals surface area contributed by atoms with Crippen molar-refractivity contribution >= 4 is 15.9 Å². The van der Waals surface area contributed by atoms with E-state index in [0.717, 1.165) is 63.4 Å². The molecule has 0 atom stereocenters. The minimum absolute atomic E-state index is 0.124. The van der Waals surface area contributed by atoms with E-state index in [4.69, 9.17) is 4.74 Å². The number of carbonyl (C=O) groups is 1. The maximum absolute atomic E-state index is 13.6. The molecule has 0 saturated heterocycles. The number of aryl methyl sites for hydroxylation is 1. The number of benzene rings is 1. The summed E-state index contributed by atoms with van der Waals surface area (Å²) in [7, 11) is -2.37. The number of sulfonamides is 1. The first-order valence-corrected chi connectivity index (χ1v) is 11.8. The van der Waals surface area contributed by atoms with E-state index in [-0.39, 0.29) is 29.4 Å². The van der Waals surface area contributed by atoms with Gasteiger partial charge in [-0.15, -0.1) is 0 Å².